The maximum Gasteiger partial charge on any atom is 0.255 e. The van der Waals surface area contributed by atoms with E-state index in [1.165, 1.54) is 6.20 Å². The van der Waals surface area contributed by atoms with E-state index in [2.05, 4.69) is 10.3 Å². The minimum Gasteiger partial charge on any atom is -0.456 e. The molecule has 0 saturated carbocycles. The predicted octanol–water partition coefficient (Wildman–Crippen LogP) is 5.43. The molecule has 2 aromatic carbocycles. The number of anilines is 1. The third-order valence-corrected chi connectivity index (χ3v) is 3.54. The summed E-state index contributed by atoms with van der Waals surface area (Å²) < 4.78 is 5.69. The van der Waals surface area contributed by atoms with Gasteiger partial charge in [-0.3, -0.25) is 9.78 Å². The van der Waals surface area contributed by atoms with Gasteiger partial charge in [0.15, 0.2) is 0 Å². The molecule has 1 N–H and O–H groups in total. The Morgan fingerprint density at radius 3 is 2.54 bits per heavy atom. The quantitative estimate of drug-likeness (QED) is 0.676. The highest BCUT2D eigenvalue weighted by Crippen LogP contribution is 2.25. The highest BCUT2D eigenvalue weighted by atomic mass is 35.5. The molecule has 0 saturated heterocycles. The van der Waals surface area contributed by atoms with Crippen LogP contribution in [0.5, 0.6) is 11.5 Å². The number of amides is 1. The summed E-state index contributed by atoms with van der Waals surface area (Å²) in [6.07, 6.45) is 3.08. The van der Waals surface area contributed by atoms with E-state index in [0.717, 1.165) is 0 Å². The van der Waals surface area contributed by atoms with Crippen LogP contribution in [0.1, 0.15) is 10.4 Å². The molecule has 4 nitrogen and oxygen atoms in total. The average Bonchev–Trinajstić information content (AvgIpc) is 2.55. The van der Waals surface area contributed by atoms with Crippen LogP contribution in [-0.2, 0) is 0 Å². The molecule has 0 atom stereocenters. The Bertz CT molecular complexity index is 884. The Labute approximate surface area is 149 Å². The summed E-state index contributed by atoms with van der Waals surface area (Å²) in [6, 6.07) is 15.4. The van der Waals surface area contributed by atoms with E-state index in [1.54, 1.807) is 60.8 Å². The second-order valence-corrected chi connectivity index (χ2v) is 5.81. The van der Waals surface area contributed by atoms with E-state index in [9.17, 15) is 4.79 Å². The summed E-state index contributed by atoms with van der Waals surface area (Å²) in [7, 11) is 0. The topological polar surface area (TPSA) is 51.2 Å². The Hall–Kier alpha value is -2.56. The lowest BCUT2D eigenvalue weighted by molar-refractivity contribution is 0.102. The van der Waals surface area contributed by atoms with Crippen molar-refractivity contribution in [3.63, 3.8) is 0 Å². The van der Waals surface area contributed by atoms with Gasteiger partial charge in [-0.15, -0.1) is 0 Å². The van der Waals surface area contributed by atoms with Crippen LogP contribution in [0.4, 0.5) is 5.69 Å². The summed E-state index contributed by atoms with van der Waals surface area (Å²) >= 11 is 11.8. The maximum absolute atomic E-state index is 12.2. The van der Waals surface area contributed by atoms with Crippen LogP contribution < -0.4 is 10.1 Å². The number of benzene rings is 2. The summed E-state index contributed by atoms with van der Waals surface area (Å²) in [4.78, 5) is 16.2. The lowest BCUT2D eigenvalue weighted by atomic mass is 10.2. The van der Waals surface area contributed by atoms with Crippen molar-refractivity contribution < 1.29 is 9.53 Å². The fourth-order valence-corrected chi connectivity index (χ4v) is 2.41. The molecule has 3 rings (SSSR count). The number of nitrogens with zero attached hydrogens (tertiary/aromatic N) is 1. The molecule has 1 amide bonds. The van der Waals surface area contributed by atoms with Gasteiger partial charge in [0.05, 0.1) is 11.2 Å². The van der Waals surface area contributed by atoms with Crippen LogP contribution in [0, 0.1) is 0 Å². The van der Waals surface area contributed by atoms with Crippen LogP contribution in [0.15, 0.2) is 67.0 Å². The van der Waals surface area contributed by atoms with Gasteiger partial charge in [0.2, 0.25) is 0 Å². The van der Waals surface area contributed by atoms with E-state index < -0.39 is 0 Å². The third kappa shape index (κ3) is 4.25. The molecule has 0 fully saturated rings. The molecule has 0 spiro atoms. The number of pyridine rings is 1. The van der Waals surface area contributed by atoms with Crippen LogP contribution in [0.25, 0.3) is 0 Å². The molecule has 120 valence electrons. The van der Waals surface area contributed by atoms with Crippen molar-refractivity contribution in [2.75, 3.05) is 5.32 Å². The van der Waals surface area contributed by atoms with Gasteiger partial charge in [-0.2, -0.15) is 0 Å². The molecule has 1 heterocycles. The van der Waals surface area contributed by atoms with Crippen molar-refractivity contribution >= 4 is 34.8 Å². The number of rotatable bonds is 4. The van der Waals surface area contributed by atoms with Crippen molar-refractivity contribution in [3.8, 4) is 11.5 Å². The summed E-state index contributed by atoms with van der Waals surface area (Å²) in [5, 5.41) is 3.80. The molecule has 0 aliphatic heterocycles. The van der Waals surface area contributed by atoms with Gasteiger partial charge < -0.3 is 10.1 Å². The Morgan fingerprint density at radius 2 is 1.75 bits per heavy atom. The van der Waals surface area contributed by atoms with Gasteiger partial charge in [-0.25, -0.2) is 0 Å². The number of aromatic nitrogens is 1. The Kier molecular flexibility index (Phi) is 4.99. The van der Waals surface area contributed by atoms with Gasteiger partial charge in [0.1, 0.15) is 11.5 Å². The monoisotopic (exact) mass is 358 g/mol. The molecule has 0 bridgehead atoms. The first kappa shape index (κ1) is 16.3. The predicted molar refractivity (Wildman–Crippen MR) is 95.2 cm³/mol. The zero-order chi connectivity index (χ0) is 16.9. The fourth-order valence-electron chi connectivity index (χ4n) is 2.05. The molecular weight excluding hydrogens is 347 g/mol. The summed E-state index contributed by atoms with van der Waals surface area (Å²) in [5.41, 5.74) is 1.08. The number of hydrogen-bond donors (Lipinski definition) is 1. The zero-order valence-electron chi connectivity index (χ0n) is 12.4. The lowest BCUT2D eigenvalue weighted by Crippen LogP contribution is -2.11. The standard InChI is InChI=1S/C18H12Cl2N2O2/c19-13-4-1-3-12(7-13)18(23)22-15-5-2-6-16(9-15)24-17-8-14(20)10-21-11-17/h1-11H,(H,22,23). The van der Waals surface area contributed by atoms with Crippen molar-refractivity contribution in [3.05, 3.63) is 82.6 Å². The largest absolute Gasteiger partial charge is 0.456 e. The van der Waals surface area contributed by atoms with Crippen LogP contribution in [0.2, 0.25) is 10.0 Å². The zero-order valence-corrected chi connectivity index (χ0v) is 13.9. The second-order valence-electron chi connectivity index (χ2n) is 4.93. The number of nitrogens with one attached hydrogen (secondary N) is 1. The second kappa shape index (κ2) is 7.34. The van der Waals surface area contributed by atoms with E-state index >= 15 is 0 Å². The summed E-state index contributed by atoms with van der Waals surface area (Å²) in [6.45, 7) is 0. The molecule has 3 aromatic rings. The van der Waals surface area contributed by atoms with Gasteiger partial charge in [0.25, 0.3) is 5.91 Å². The highest BCUT2D eigenvalue weighted by molar-refractivity contribution is 6.31. The third-order valence-electron chi connectivity index (χ3n) is 3.09. The van der Waals surface area contributed by atoms with Gasteiger partial charge in [0, 0.05) is 34.6 Å². The normalized spacial score (nSPS) is 10.2. The van der Waals surface area contributed by atoms with Crippen LogP contribution >= 0.6 is 23.2 Å². The molecule has 1 aromatic heterocycles. The van der Waals surface area contributed by atoms with Gasteiger partial charge in [-0.05, 0) is 30.3 Å². The number of halogens is 2. The number of ether oxygens (including phenoxy) is 1. The fraction of sp³-hybridized carbons (Fsp3) is 0. The first-order valence-corrected chi connectivity index (χ1v) is 7.81. The smallest absolute Gasteiger partial charge is 0.255 e. The minimum atomic E-state index is -0.251. The van der Waals surface area contributed by atoms with Crippen LogP contribution in [0.3, 0.4) is 0 Å². The number of carbonyl (C=O) groups is 1. The molecular formula is C18H12Cl2N2O2. The highest BCUT2D eigenvalue weighted by Gasteiger charge is 2.07. The van der Waals surface area contributed by atoms with E-state index in [1.807, 2.05) is 0 Å². The maximum atomic E-state index is 12.2. The van der Waals surface area contributed by atoms with Gasteiger partial charge >= 0.3 is 0 Å². The molecule has 6 heteroatoms. The Morgan fingerprint density at radius 1 is 0.917 bits per heavy atom. The first-order valence-electron chi connectivity index (χ1n) is 7.05. The molecule has 24 heavy (non-hydrogen) atoms. The van der Waals surface area contributed by atoms with E-state index in [0.29, 0.717) is 32.8 Å². The minimum absolute atomic E-state index is 0.251. The SMILES string of the molecule is O=C(Nc1cccc(Oc2cncc(Cl)c2)c1)c1cccc(Cl)c1. The van der Waals surface area contributed by atoms with Crippen molar-refractivity contribution in [1.82, 2.24) is 4.98 Å². The molecule has 0 unspecified atom stereocenters. The molecule has 0 aliphatic carbocycles. The average molecular weight is 359 g/mol. The van der Waals surface area contributed by atoms with Crippen molar-refractivity contribution in [1.29, 1.82) is 0 Å². The van der Waals surface area contributed by atoms with E-state index in [-0.39, 0.29) is 5.91 Å². The first-order chi connectivity index (χ1) is 11.6. The Balaban J connectivity index is 1.74. The van der Waals surface area contributed by atoms with E-state index in [4.69, 9.17) is 27.9 Å². The van der Waals surface area contributed by atoms with Gasteiger partial charge in [-0.1, -0.05) is 35.3 Å². The molecule has 0 aliphatic rings. The molecule has 0 radical (unpaired) electrons. The number of carbonyl (C=O) groups excluding carboxylic acids is 1. The van der Waals surface area contributed by atoms with Crippen LogP contribution in [-0.4, -0.2) is 10.9 Å². The number of hydrogen-bond acceptors (Lipinski definition) is 3. The van der Waals surface area contributed by atoms with Crippen molar-refractivity contribution in [2.45, 2.75) is 0 Å². The lowest BCUT2D eigenvalue weighted by Gasteiger charge is -2.09. The van der Waals surface area contributed by atoms with Crippen molar-refractivity contribution in [2.24, 2.45) is 0 Å². The summed E-state index contributed by atoms with van der Waals surface area (Å²) in [5.74, 6) is 0.822.